The van der Waals surface area contributed by atoms with E-state index in [2.05, 4.69) is 0 Å². The lowest BCUT2D eigenvalue weighted by atomic mass is 10.0. The number of hydrogen-bond donors (Lipinski definition) is 0. The summed E-state index contributed by atoms with van der Waals surface area (Å²) in [4.78, 5) is 0. The fraction of sp³-hybridized carbons (Fsp3) is 0.400. The van der Waals surface area contributed by atoms with Crippen molar-refractivity contribution >= 4 is 11.6 Å². The maximum Gasteiger partial charge on any atom is 0.129 e. The van der Waals surface area contributed by atoms with Gasteiger partial charge in [-0.3, -0.25) is 0 Å². The van der Waals surface area contributed by atoms with Gasteiger partial charge >= 0.3 is 0 Å². The zero-order valence-corrected chi connectivity index (χ0v) is 8.11. The molecule has 0 aliphatic heterocycles. The molecule has 0 saturated carbocycles. The van der Waals surface area contributed by atoms with Crippen molar-refractivity contribution in [2.24, 2.45) is 5.92 Å². The first-order valence-electron chi connectivity index (χ1n) is 4.14. The molecule has 0 aliphatic carbocycles. The Balaban J connectivity index is 2.87. The molecule has 0 aliphatic rings. The van der Waals surface area contributed by atoms with Crippen LogP contribution < -0.4 is 0 Å². The smallest absolute Gasteiger partial charge is 0.129 e. The van der Waals surface area contributed by atoms with Crippen molar-refractivity contribution in [3.63, 3.8) is 0 Å². The fourth-order valence-corrected chi connectivity index (χ4v) is 1.24. The maximum atomic E-state index is 13.1. The van der Waals surface area contributed by atoms with Crippen molar-refractivity contribution in [2.75, 3.05) is 5.88 Å². The van der Waals surface area contributed by atoms with Gasteiger partial charge in [0.05, 0.1) is 0 Å². The van der Waals surface area contributed by atoms with Crippen molar-refractivity contribution in [3.05, 3.63) is 35.4 Å². The second-order valence-corrected chi connectivity index (χ2v) is 3.47. The van der Waals surface area contributed by atoms with Gasteiger partial charge in [-0.2, -0.15) is 0 Å². The molecule has 1 atom stereocenters. The highest BCUT2D eigenvalue weighted by Crippen LogP contribution is 2.17. The van der Waals surface area contributed by atoms with Crippen molar-refractivity contribution < 1.29 is 8.78 Å². The molecule has 0 radical (unpaired) electrons. The van der Waals surface area contributed by atoms with Crippen molar-refractivity contribution in [3.8, 4) is 0 Å². The van der Waals surface area contributed by atoms with Gasteiger partial charge in [-0.15, -0.1) is 11.6 Å². The standard InChI is InChI=1S/C10H11ClF2/c1-7(6-11)5-8-9(12)3-2-4-10(8)13/h2-4,7H,5-6H2,1H3. The third-order valence-corrected chi connectivity index (χ3v) is 2.40. The number of benzene rings is 1. The molecule has 3 heteroatoms. The van der Waals surface area contributed by atoms with Crippen LogP contribution in [0.3, 0.4) is 0 Å². The average Bonchev–Trinajstić information content (AvgIpc) is 2.11. The fourth-order valence-electron chi connectivity index (χ4n) is 1.13. The van der Waals surface area contributed by atoms with Crippen LogP contribution in [-0.2, 0) is 6.42 Å². The SMILES string of the molecule is CC(CCl)Cc1c(F)cccc1F. The first kappa shape index (κ1) is 10.5. The molecule has 0 aromatic heterocycles. The lowest BCUT2D eigenvalue weighted by molar-refractivity contribution is 0.527. The summed E-state index contributed by atoms with van der Waals surface area (Å²) in [6.45, 7) is 1.86. The minimum atomic E-state index is -0.489. The summed E-state index contributed by atoms with van der Waals surface area (Å²) in [5, 5.41) is 0. The van der Waals surface area contributed by atoms with E-state index in [1.54, 1.807) is 0 Å². The van der Waals surface area contributed by atoms with Gasteiger partial charge in [0.1, 0.15) is 11.6 Å². The third-order valence-electron chi connectivity index (χ3n) is 1.88. The lowest BCUT2D eigenvalue weighted by Gasteiger charge is -2.08. The Morgan fingerprint density at radius 3 is 2.31 bits per heavy atom. The minimum absolute atomic E-state index is 0.0908. The summed E-state index contributed by atoms with van der Waals surface area (Å²) in [7, 11) is 0. The van der Waals surface area contributed by atoms with Crippen LogP contribution in [-0.4, -0.2) is 5.88 Å². The number of alkyl halides is 1. The van der Waals surface area contributed by atoms with Crippen LogP contribution in [0.5, 0.6) is 0 Å². The molecular weight excluding hydrogens is 194 g/mol. The third kappa shape index (κ3) is 2.66. The zero-order chi connectivity index (χ0) is 9.84. The van der Waals surface area contributed by atoms with E-state index in [0.717, 1.165) is 0 Å². The molecule has 1 rings (SSSR count). The predicted molar refractivity (Wildman–Crippen MR) is 49.9 cm³/mol. The Bertz CT molecular complexity index is 266. The van der Waals surface area contributed by atoms with Gasteiger partial charge in [0.2, 0.25) is 0 Å². The lowest BCUT2D eigenvalue weighted by Crippen LogP contribution is -2.05. The number of halogens is 3. The Labute approximate surface area is 81.5 Å². The number of hydrogen-bond acceptors (Lipinski definition) is 0. The van der Waals surface area contributed by atoms with Crippen molar-refractivity contribution in [1.29, 1.82) is 0 Å². The van der Waals surface area contributed by atoms with Crippen LogP contribution in [0.2, 0.25) is 0 Å². The molecule has 0 heterocycles. The quantitative estimate of drug-likeness (QED) is 0.663. The van der Waals surface area contributed by atoms with Crippen LogP contribution in [0.15, 0.2) is 18.2 Å². The first-order chi connectivity index (χ1) is 6.15. The molecule has 0 spiro atoms. The molecule has 1 aromatic carbocycles. The molecule has 0 bridgehead atoms. The van der Waals surface area contributed by atoms with Crippen LogP contribution in [0, 0.1) is 17.6 Å². The first-order valence-corrected chi connectivity index (χ1v) is 4.67. The molecule has 13 heavy (non-hydrogen) atoms. The zero-order valence-electron chi connectivity index (χ0n) is 7.36. The van der Waals surface area contributed by atoms with E-state index in [1.165, 1.54) is 18.2 Å². The summed E-state index contributed by atoms with van der Waals surface area (Å²) in [6.07, 6.45) is 0.349. The Hall–Kier alpha value is -0.630. The summed E-state index contributed by atoms with van der Waals surface area (Å²) in [5.41, 5.74) is 0.135. The molecule has 72 valence electrons. The van der Waals surface area contributed by atoms with Gasteiger partial charge in [-0.1, -0.05) is 13.0 Å². The average molecular weight is 205 g/mol. The van der Waals surface area contributed by atoms with Crippen LogP contribution in [0.4, 0.5) is 8.78 Å². The van der Waals surface area contributed by atoms with E-state index in [1.807, 2.05) is 6.92 Å². The van der Waals surface area contributed by atoms with Crippen LogP contribution >= 0.6 is 11.6 Å². The van der Waals surface area contributed by atoms with E-state index >= 15 is 0 Å². The molecule has 0 amide bonds. The second-order valence-electron chi connectivity index (χ2n) is 3.16. The molecular formula is C10H11ClF2. The van der Waals surface area contributed by atoms with Crippen molar-refractivity contribution in [2.45, 2.75) is 13.3 Å². The summed E-state index contributed by atoms with van der Waals surface area (Å²) >= 11 is 5.56. The molecule has 1 unspecified atom stereocenters. The summed E-state index contributed by atoms with van der Waals surface area (Å²) in [6, 6.07) is 3.89. The summed E-state index contributed by atoms with van der Waals surface area (Å²) < 4.78 is 26.1. The molecule has 0 N–H and O–H groups in total. The van der Waals surface area contributed by atoms with Gasteiger partial charge in [-0.05, 0) is 24.5 Å². The Morgan fingerprint density at radius 2 is 1.85 bits per heavy atom. The molecule has 0 fully saturated rings. The second kappa shape index (κ2) is 4.56. The van der Waals surface area contributed by atoms with E-state index in [-0.39, 0.29) is 11.5 Å². The molecule has 0 saturated heterocycles. The van der Waals surface area contributed by atoms with E-state index in [0.29, 0.717) is 12.3 Å². The minimum Gasteiger partial charge on any atom is -0.207 e. The highest BCUT2D eigenvalue weighted by atomic mass is 35.5. The Morgan fingerprint density at radius 1 is 1.31 bits per heavy atom. The largest absolute Gasteiger partial charge is 0.207 e. The molecule has 0 nitrogen and oxygen atoms in total. The van der Waals surface area contributed by atoms with Gasteiger partial charge in [-0.25, -0.2) is 8.78 Å². The van der Waals surface area contributed by atoms with Gasteiger partial charge < -0.3 is 0 Å². The summed E-state index contributed by atoms with van der Waals surface area (Å²) in [5.74, 6) is -0.477. The number of rotatable bonds is 3. The highest BCUT2D eigenvalue weighted by molar-refractivity contribution is 6.18. The van der Waals surface area contributed by atoms with E-state index in [9.17, 15) is 8.78 Å². The van der Waals surface area contributed by atoms with Gasteiger partial charge in [0, 0.05) is 11.4 Å². The maximum absolute atomic E-state index is 13.1. The van der Waals surface area contributed by atoms with Crippen LogP contribution in [0.25, 0.3) is 0 Å². The van der Waals surface area contributed by atoms with Crippen LogP contribution in [0.1, 0.15) is 12.5 Å². The molecule has 1 aromatic rings. The normalized spacial score (nSPS) is 12.9. The van der Waals surface area contributed by atoms with E-state index in [4.69, 9.17) is 11.6 Å². The van der Waals surface area contributed by atoms with Gasteiger partial charge in [0.25, 0.3) is 0 Å². The monoisotopic (exact) mass is 204 g/mol. The Kier molecular flexibility index (Phi) is 3.67. The van der Waals surface area contributed by atoms with Gasteiger partial charge in [0.15, 0.2) is 0 Å². The highest BCUT2D eigenvalue weighted by Gasteiger charge is 2.11. The predicted octanol–water partition coefficient (Wildman–Crippen LogP) is 3.38. The topological polar surface area (TPSA) is 0 Å². The van der Waals surface area contributed by atoms with E-state index < -0.39 is 11.6 Å². The van der Waals surface area contributed by atoms with Crippen molar-refractivity contribution in [1.82, 2.24) is 0 Å².